The van der Waals surface area contributed by atoms with E-state index < -0.39 is 11.7 Å². The molecule has 1 aliphatic rings. The minimum absolute atomic E-state index is 0.0757. The molecule has 0 radical (unpaired) electrons. The number of aryl methyl sites for hydroxylation is 1. The Morgan fingerprint density at radius 1 is 1.31 bits per heavy atom. The van der Waals surface area contributed by atoms with Gasteiger partial charge >= 0.3 is 0 Å². The molecule has 1 aromatic heterocycles. The number of hydrogen-bond acceptors (Lipinski definition) is 5. The lowest BCUT2D eigenvalue weighted by Crippen LogP contribution is -2.28. The first kappa shape index (κ1) is 19.1. The van der Waals surface area contributed by atoms with Crippen LogP contribution in [0.15, 0.2) is 47.0 Å². The third-order valence-electron chi connectivity index (χ3n) is 4.63. The van der Waals surface area contributed by atoms with Crippen LogP contribution in [0.4, 0.5) is 15.8 Å². The quantitative estimate of drug-likeness (QED) is 0.701. The summed E-state index contributed by atoms with van der Waals surface area (Å²) in [6.07, 6.45) is 0.0757. The molecule has 148 valence electrons. The Hall–Kier alpha value is -3.26. The lowest BCUT2D eigenvalue weighted by atomic mass is 10.1. The van der Waals surface area contributed by atoms with Crippen molar-refractivity contribution in [1.29, 1.82) is 0 Å². The second-order valence-electron chi connectivity index (χ2n) is 6.71. The number of benzene rings is 2. The molecule has 1 unspecified atom stereocenters. The molecular formula is C20H16ClFN4O3. The monoisotopic (exact) mass is 414 g/mol. The summed E-state index contributed by atoms with van der Waals surface area (Å²) >= 11 is 5.74. The van der Waals surface area contributed by atoms with E-state index >= 15 is 0 Å². The van der Waals surface area contributed by atoms with Crippen LogP contribution in [0.3, 0.4) is 0 Å². The number of nitrogens with zero attached hydrogens (tertiary/aromatic N) is 3. The number of carbonyl (C=O) groups is 2. The van der Waals surface area contributed by atoms with Gasteiger partial charge < -0.3 is 14.7 Å². The topological polar surface area (TPSA) is 88.3 Å². The molecule has 9 heteroatoms. The third-order valence-corrected chi connectivity index (χ3v) is 4.92. The molecule has 29 heavy (non-hydrogen) atoms. The van der Waals surface area contributed by atoms with E-state index in [1.54, 1.807) is 30.0 Å². The summed E-state index contributed by atoms with van der Waals surface area (Å²) in [5.74, 6) is -0.720. The molecule has 1 aliphatic heterocycles. The Bertz CT molecular complexity index is 1100. The Morgan fingerprint density at radius 3 is 2.86 bits per heavy atom. The van der Waals surface area contributed by atoms with E-state index in [0.717, 1.165) is 0 Å². The molecule has 0 bridgehead atoms. The molecule has 0 saturated carbocycles. The fourth-order valence-corrected chi connectivity index (χ4v) is 3.36. The molecule has 3 aromatic rings. The van der Waals surface area contributed by atoms with Crippen LogP contribution in [-0.4, -0.2) is 28.5 Å². The summed E-state index contributed by atoms with van der Waals surface area (Å²) in [6.45, 7) is 1.93. The van der Waals surface area contributed by atoms with Crippen LogP contribution in [0.1, 0.15) is 12.3 Å². The molecule has 2 aromatic carbocycles. The number of nitrogens with one attached hydrogen (secondary N) is 1. The summed E-state index contributed by atoms with van der Waals surface area (Å²) in [4.78, 5) is 30.8. The summed E-state index contributed by atoms with van der Waals surface area (Å²) < 4.78 is 18.3. The maximum Gasteiger partial charge on any atom is 0.229 e. The zero-order chi connectivity index (χ0) is 20.5. The van der Waals surface area contributed by atoms with Crippen LogP contribution in [-0.2, 0) is 9.59 Å². The van der Waals surface area contributed by atoms with Crippen molar-refractivity contribution in [2.75, 3.05) is 16.8 Å². The van der Waals surface area contributed by atoms with Gasteiger partial charge in [-0.3, -0.25) is 9.59 Å². The number of anilines is 2. The standard InChI is InChI=1S/C20H16ClFN4O3/c1-11-23-19(25-29-11)12-3-2-4-15(7-12)26-10-13(8-18(26)27)20(28)24-14-5-6-17(22)16(21)9-14/h2-7,9,13H,8,10H2,1H3,(H,24,28). The largest absolute Gasteiger partial charge is 0.339 e. The molecule has 1 N–H and O–H groups in total. The number of halogens is 2. The maximum absolute atomic E-state index is 13.3. The highest BCUT2D eigenvalue weighted by Gasteiger charge is 2.35. The second-order valence-corrected chi connectivity index (χ2v) is 7.12. The third kappa shape index (κ3) is 3.97. The van der Waals surface area contributed by atoms with E-state index in [9.17, 15) is 14.0 Å². The van der Waals surface area contributed by atoms with Crippen LogP contribution < -0.4 is 10.2 Å². The SMILES string of the molecule is Cc1nc(-c2cccc(N3CC(C(=O)Nc4ccc(F)c(Cl)c4)CC3=O)c2)no1. The minimum Gasteiger partial charge on any atom is -0.339 e. The lowest BCUT2D eigenvalue weighted by Gasteiger charge is -2.17. The average molecular weight is 415 g/mol. The molecule has 7 nitrogen and oxygen atoms in total. The van der Waals surface area contributed by atoms with Gasteiger partial charge in [0.05, 0.1) is 10.9 Å². The highest BCUT2D eigenvalue weighted by Crippen LogP contribution is 2.29. The first-order chi connectivity index (χ1) is 13.9. The molecule has 1 atom stereocenters. The van der Waals surface area contributed by atoms with Crippen LogP contribution in [0, 0.1) is 18.7 Å². The number of carbonyl (C=O) groups excluding carboxylic acids is 2. The highest BCUT2D eigenvalue weighted by molar-refractivity contribution is 6.31. The van der Waals surface area contributed by atoms with Crippen molar-refractivity contribution in [2.24, 2.45) is 5.92 Å². The van der Waals surface area contributed by atoms with E-state index in [-0.39, 0.29) is 29.8 Å². The van der Waals surface area contributed by atoms with Crippen LogP contribution in [0.2, 0.25) is 5.02 Å². The van der Waals surface area contributed by atoms with Crippen molar-refractivity contribution in [3.63, 3.8) is 0 Å². The number of aromatic nitrogens is 2. The number of rotatable bonds is 4. The van der Waals surface area contributed by atoms with Gasteiger partial charge in [0.25, 0.3) is 0 Å². The van der Waals surface area contributed by atoms with Crippen molar-refractivity contribution < 1.29 is 18.5 Å². The molecule has 4 rings (SSSR count). The molecule has 0 spiro atoms. The van der Waals surface area contributed by atoms with Gasteiger partial charge in [0.2, 0.25) is 23.5 Å². The van der Waals surface area contributed by atoms with Crippen LogP contribution in [0.5, 0.6) is 0 Å². The summed E-state index contributed by atoms with van der Waals surface area (Å²) in [5, 5.41) is 6.49. The van der Waals surface area contributed by atoms with Crippen molar-refractivity contribution in [1.82, 2.24) is 10.1 Å². The fraction of sp³-hybridized carbons (Fsp3) is 0.200. The van der Waals surface area contributed by atoms with Gasteiger partial charge in [-0.25, -0.2) is 4.39 Å². The Labute approximate surface area is 170 Å². The van der Waals surface area contributed by atoms with Crippen molar-refractivity contribution >= 4 is 34.8 Å². The smallest absolute Gasteiger partial charge is 0.229 e. The average Bonchev–Trinajstić information content (AvgIpc) is 3.31. The van der Waals surface area contributed by atoms with Crippen molar-refractivity contribution in [3.8, 4) is 11.4 Å². The molecule has 2 heterocycles. The van der Waals surface area contributed by atoms with E-state index in [1.165, 1.54) is 18.2 Å². The summed E-state index contributed by atoms with van der Waals surface area (Å²) in [5.41, 5.74) is 1.73. The molecule has 1 fully saturated rings. The predicted molar refractivity (Wildman–Crippen MR) is 105 cm³/mol. The Morgan fingerprint density at radius 2 is 2.14 bits per heavy atom. The van der Waals surface area contributed by atoms with Crippen LogP contribution in [0.25, 0.3) is 11.4 Å². The van der Waals surface area contributed by atoms with E-state index in [4.69, 9.17) is 16.1 Å². The number of amides is 2. The molecule has 2 amide bonds. The minimum atomic E-state index is -0.566. The van der Waals surface area contributed by atoms with Crippen LogP contribution >= 0.6 is 11.6 Å². The molecule has 1 saturated heterocycles. The Balaban J connectivity index is 1.49. The van der Waals surface area contributed by atoms with E-state index in [2.05, 4.69) is 15.5 Å². The van der Waals surface area contributed by atoms with Gasteiger partial charge in [0, 0.05) is 36.8 Å². The zero-order valence-electron chi connectivity index (χ0n) is 15.4. The first-order valence-electron chi connectivity index (χ1n) is 8.88. The molecule has 0 aliphatic carbocycles. The van der Waals surface area contributed by atoms with Gasteiger partial charge in [-0.05, 0) is 30.3 Å². The van der Waals surface area contributed by atoms with Gasteiger partial charge in [-0.15, -0.1) is 0 Å². The van der Waals surface area contributed by atoms with Gasteiger partial charge in [-0.1, -0.05) is 28.9 Å². The second kappa shape index (κ2) is 7.63. The lowest BCUT2D eigenvalue weighted by molar-refractivity contribution is -0.122. The maximum atomic E-state index is 13.3. The zero-order valence-corrected chi connectivity index (χ0v) is 16.1. The molecular weight excluding hydrogens is 399 g/mol. The highest BCUT2D eigenvalue weighted by atomic mass is 35.5. The summed E-state index contributed by atoms with van der Waals surface area (Å²) in [7, 11) is 0. The summed E-state index contributed by atoms with van der Waals surface area (Å²) in [6, 6.07) is 11.1. The predicted octanol–water partition coefficient (Wildman–Crippen LogP) is 3.83. The normalized spacial score (nSPS) is 16.3. The first-order valence-corrected chi connectivity index (χ1v) is 9.25. The van der Waals surface area contributed by atoms with Crippen molar-refractivity contribution in [2.45, 2.75) is 13.3 Å². The van der Waals surface area contributed by atoms with E-state index in [0.29, 0.717) is 28.7 Å². The van der Waals surface area contributed by atoms with Gasteiger partial charge in [0.1, 0.15) is 5.82 Å². The van der Waals surface area contributed by atoms with Gasteiger partial charge in [-0.2, -0.15) is 4.98 Å². The Kier molecular flexibility index (Phi) is 5.02. The fourth-order valence-electron chi connectivity index (χ4n) is 3.18. The van der Waals surface area contributed by atoms with Gasteiger partial charge in [0.15, 0.2) is 0 Å². The van der Waals surface area contributed by atoms with E-state index in [1.807, 2.05) is 6.07 Å². The number of hydrogen-bond donors (Lipinski definition) is 1. The van der Waals surface area contributed by atoms with Crippen molar-refractivity contribution in [3.05, 3.63) is 59.2 Å².